The van der Waals surface area contributed by atoms with Crippen molar-refractivity contribution in [2.45, 2.75) is 59.0 Å². The molecule has 0 amide bonds. The van der Waals surface area contributed by atoms with E-state index in [9.17, 15) is 0 Å². The lowest BCUT2D eigenvalue weighted by Gasteiger charge is -2.24. The Morgan fingerprint density at radius 3 is 2.24 bits per heavy atom. The van der Waals surface area contributed by atoms with Crippen LogP contribution in [0.15, 0.2) is 30.3 Å². The van der Waals surface area contributed by atoms with Crippen molar-refractivity contribution >= 4 is 0 Å². The molecule has 0 fully saturated rings. The van der Waals surface area contributed by atoms with Gasteiger partial charge in [0, 0.05) is 12.1 Å². The second kappa shape index (κ2) is 7.50. The van der Waals surface area contributed by atoms with Crippen molar-refractivity contribution in [3.05, 3.63) is 35.9 Å². The highest BCUT2D eigenvalue weighted by atomic mass is 14.9. The SMILES string of the molecule is CCCC(NC(C)CC(C)C)c1ccccc1. The van der Waals surface area contributed by atoms with Crippen LogP contribution >= 0.6 is 0 Å². The Balaban J connectivity index is 2.60. The van der Waals surface area contributed by atoms with Crippen LogP contribution in [0.3, 0.4) is 0 Å². The Morgan fingerprint density at radius 1 is 1.06 bits per heavy atom. The zero-order valence-electron chi connectivity index (χ0n) is 11.7. The average molecular weight is 233 g/mol. The van der Waals surface area contributed by atoms with Gasteiger partial charge in [-0.05, 0) is 31.2 Å². The molecule has 1 N–H and O–H groups in total. The third kappa shape index (κ3) is 5.36. The standard InChI is InChI=1S/C16H27N/c1-5-9-16(15-10-7-6-8-11-15)17-14(4)12-13(2)3/h6-8,10-11,13-14,16-17H,5,9,12H2,1-4H3. The minimum Gasteiger partial charge on any atom is -0.307 e. The summed E-state index contributed by atoms with van der Waals surface area (Å²) >= 11 is 0. The fraction of sp³-hybridized carbons (Fsp3) is 0.625. The van der Waals surface area contributed by atoms with Gasteiger partial charge in [0.25, 0.3) is 0 Å². The predicted molar refractivity (Wildman–Crippen MR) is 76.1 cm³/mol. The maximum absolute atomic E-state index is 3.77. The Hall–Kier alpha value is -0.820. The van der Waals surface area contributed by atoms with Crippen LogP contribution in [0.2, 0.25) is 0 Å². The summed E-state index contributed by atoms with van der Waals surface area (Å²) in [7, 11) is 0. The van der Waals surface area contributed by atoms with Crippen molar-refractivity contribution in [1.82, 2.24) is 5.32 Å². The molecule has 17 heavy (non-hydrogen) atoms. The Bertz CT molecular complexity index is 292. The van der Waals surface area contributed by atoms with Crippen molar-refractivity contribution < 1.29 is 0 Å². The molecule has 0 aliphatic heterocycles. The van der Waals surface area contributed by atoms with Crippen molar-refractivity contribution in [3.8, 4) is 0 Å². The lowest BCUT2D eigenvalue weighted by Crippen LogP contribution is -2.31. The van der Waals surface area contributed by atoms with E-state index in [4.69, 9.17) is 0 Å². The monoisotopic (exact) mass is 233 g/mol. The molecule has 96 valence electrons. The van der Waals surface area contributed by atoms with Gasteiger partial charge in [-0.25, -0.2) is 0 Å². The Labute approximate surface area is 107 Å². The smallest absolute Gasteiger partial charge is 0.0322 e. The van der Waals surface area contributed by atoms with Crippen molar-refractivity contribution in [3.63, 3.8) is 0 Å². The molecule has 1 nitrogen and oxygen atoms in total. The van der Waals surface area contributed by atoms with Gasteiger partial charge >= 0.3 is 0 Å². The molecule has 0 saturated heterocycles. The first-order chi connectivity index (χ1) is 8.13. The summed E-state index contributed by atoms with van der Waals surface area (Å²) in [5.41, 5.74) is 1.42. The minimum absolute atomic E-state index is 0.509. The summed E-state index contributed by atoms with van der Waals surface area (Å²) in [6.45, 7) is 9.13. The van der Waals surface area contributed by atoms with E-state index in [1.54, 1.807) is 0 Å². The summed E-state index contributed by atoms with van der Waals surface area (Å²) in [5.74, 6) is 0.760. The number of rotatable bonds is 7. The molecule has 2 atom stereocenters. The van der Waals surface area contributed by atoms with E-state index >= 15 is 0 Å². The molecule has 1 heteroatoms. The lowest BCUT2D eigenvalue weighted by molar-refractivity contribution is 0.380. The van der Waals surface area contributed by atoms with Gasteiger partial charge in [-0.3, -0.25) is 0 Å². The molecule has 0 bridgehead atoms. The van der Waals surface area contributed by atoms with E-state index < -0.39 is 0 Å². The minimum atomic E-state index is 0.509. The van der Waals surface area contributed by atoms with Gasteiger partial charge < -0.3 is 5.32 Å². The zero-order valence-corrected chi connectivity index (χ0v) is 11.7. The van der Waals surface area contributed by atoms with Crippen LogP contribution in [0.1, 0.15) is 58.6 Å². The van der Waals surface area contributed by atoms with Crippen molar-refractivity contribution in [2.75, 3.05) is 0 Å². The molecule has 0 aliphatic rings. The molecule has 0 radical (unpaired) electrons. The molecule has 1 rings (SSSR count). The summed E-state index contributed by atoms with van der Waals surface area (Å²) in [5, 5.41) is 3.77. The van der Waals surface area contributed by atoms with Gasteiger partial charge in [-0.1, -0.05) is 57.5 Å². The van der Waals surface area contributed by atoms with Gasteiger partial charge in [-0.2, -0.15) is 0 Å². The van der Waals surface area contributed by atoms with Crippen LogP contribution in [-0.2, 0) is 0 Å². The molecule has 1 aromatic carbocycles. The van der Waals surface area contributed by atoms with Crippen LogP contribution < -0.4 is 5.32 Å². The molecule has 1 aromatic rings. The van der Waals surface area contributed by atoms with E-state index in [-0.39, 0.29) is 0 Å². The highest BCUT2D eigenvalue weighted by Crippen LogP contribution is 2.20. The lowest BCUT2D eigenvalue weighted by atomic mass is 9.99. The number of hydrogen-bond donors (Lipinski definition) is 1. The third-order valence-corrected chi connectivity index (χ3v) is 3.09. The summed E-state index contributed by atoms with van der Waals surface area (Å²) in [6.07, 6.45) is 3.68. The first kappa shape index (κ1) is 14.2. The summed E-state index contributed by atoms with van der Waals surface area (Å²) in [6, 6.07) is 11.9. The highest BCUT2D eigenvalue weighted by molar-refractivity contribution is 5.18. The maximum atomic E-state index is 3.77. The van der Waals surface area contributed by atoms with E-state index in [1.807, 2.05) is 0 Å². The van der Waals surface area contributed by atoms with Gasteiger partial charge in [0.1, 0.15) is 0 Å². The number of benzene rings is 1. The quantitative estimate of drug-likeness (QED) is 0.728. The van der Waals surface area contributed by atoms with E-state index in [2.05, 4.69) is 63.3 Å². The van der Waals surface area contributed by atoms with Crippen LogP contribution in [0.4, 0.5) is 0 Å². The van der Waals surface area contributed by atoms with E-state index in [0.29, 0.717) is 12.1 Å². The maximum Gasteiger partial charge on any atom is 0.0322 e. The van der Waals surface area contributed by atoms with Gasteiger partial charge in [0.15, 0.2) is 0 Å². The van der Waals surface area contributed by atoms with Gasteiger partial charge in [0.2, 0.25) is 0 Å². The van der Waals surface area contributed by atoms with Crippen LogP contribution in [0, 0.1) is 5.92 Å². The Morgan fingerprint density at radius 2 is 1.71 bits per heavy atom. The normalized spacial score (nSPS) is 14.9. The van der Waals surface area contributed by atoms with Crippen molar-refractivity contribution in [2.24, 2.45) is 5.92 Å². The zero-order chi connectivity index (χ0) is 12.7. The first-order valence-corrected chi connectivity index (χ1v) is 6.94. The second-order valence-corrected chi connectivity index (χ2v) is 5.45. The Kier molecular flexibility index (Phi) is 6.28. The number of nitrogens with one attached hydrogen (secondary N) is 1. The molecule has 0 aliphatic carbocycles. The molecule has 0 spiro atoms. The largest absolute Gasteiger partial charge is 0.307 e. The third-order valence-electron chi connectivity index (χ3n) is 3.09. The van der Waals surface area contributed by atoms with Gasteiger partial charge in [0.05, 0.1) is 0 Å². The van der Waals surface area contributed by atoms with Gasteiger partial charge in [-0.15, -0.1) is 0 Å². The molecule has 0 heterocycles. The molecule has 0 aromatic heterocycles. The molecule has 0 saturated carbocycles. The molecule has 2 unspecified atom stereocenters. The fourth-order valence-corrected chi connectivity index (χ4v) is 2.44. The predicted octanol–water partition coefficient (Wildman–Crippen LogP) is 4.55. The second-order valence-electron chi connectivity index (χ2n) is 5.45. The van der Waals surface area contributed by atoms with Crippen molar-refractivity contribution in [1.29, 1.82) is 0 Å². The van der Waals surface area contributed by atoms with E-state index in [0.717, 1.165) is 5.92 Å². The highest BCUT2D eigenvalue weighted by Gasteiger charge is 2.13. The summed E-state index contributed by atoms with van der Waals surface area (Å²) in [4.78, 5) is 0. The average Bonchev–Trinajstić information content (AvgIpc) is 2.28. The summed E-state index contributed by atoms with van der Waals surface area (Å²) < 4.78 is 0. The molecular weight excluding hydrogens is 206 g/mol. The van der Waals surface area contributed by atoms with Crippen LogP contribution in [0.25, 0.3) is 0 Å². The topological polar surface area (TPSA) is 12.0 Å². The first-order valence-electron chi connectivity index (χ1n) is 6.94. The van der Waals surface area contributed by atoms with Crippen LogP contribution in [-0.4, -0.2) is 6.04 Å². The molecular formula is C16H27N. The van der Waals surface area contributed by atoms with Crippen LogP contribution in [0.5, 0.6) is 0 Å². The fourth-order valence-electron chi connectivity index (χ4n) is 2.44. The number of hydrogen-bond acceptors (Lipinski definition) is 1. The van der Waals surface area contributed by atoms with E-state index in [1.165, 1.54) is 24.8 Å².